The van der Waals surface area contributed by atoms with Gasteiger partial charge in [-0.1, -0.05) is 23.7 Å². The number of hydrogen-bond donors (Lipinski definition) is 1. The Morgan fingerprint density at radius 3 is 2.81 bits per heavy atom. The molecule has 2 N–H and O–H groups in total. The molecule has 0 radical (unpaired) electrons. The minimum Gasteiger partial charge on any atom is -0.491 e. The van der Waals surface area contributed by atoms with Gasteiger partial charge < -0.3 is 20.1 Å². The van der Waals surface area contributed by atoms with Gasteiger partial charge in [-0.2, -0.15) is 0 Å². The zero-order valence-corrected chi connectivity index (χ0v) is 19.2. The number of anilines is 1. The SMILES string of the molecule is Cc1nc(N2CCC3(CC2)CO[C@@H](C)[C@H]3N)n2ccnc2c1-c1ccc2c(c1Cl)OCC2. The minimum absolute atomic E-state index is 0.0803. The normalized spacial score (nSPS) is 24.3. The summed E-state index contributed by atoms with van der Waals surface area (Å²) in [5.74, 6) is 1.71. The molecule has 2 saturated heterocycles. The molecule has 6 rings (SSSR count). The summed E-state index contributed by atoms with van der Waals surface area (Å²) in [6.45, 7) is 7.35. The van der Waals surface area contributed by atoms with Crippen LogP contribution in [0.25, 0.3) is 16.8 Å². The summed E-state index contributed by atoms with van der Waals surface area (Å²) in [5.41, 5.74) is 11.4. The highest BCUT2D eigenvalue weighted by Crippen LogP contribution is 2.44. The van der Waals surface area contributed by atoms with E-state index in [4.69, 9.17) is 36.8 Å². The van der Waals surface area contributed by atoms with Crippen LogP contribution in [0.15, 0.2) is 24.5 Å². The van der Waals surface area contributed by atoms with Crippen molar-refractivity contribution in [3.63, 3.8) is 0 Å². The van der Waals surface area contributed by atoms with E-state index in [1.807, 2.05) is 19.3 Å². The molecule has 8 heteroatoms. The Morgan fingerprint density at radius 2 is 2.06 bits per heavy atom. The Kier molecular flexibility index (Phi) is 4.65. The standard InChI is InChI=1S/C24H28ClN5O2/c1-14-18(17-4-3-16-5-12-31-20(16)19(17)25)22-27-8-11-30(22)23(28-14)29-9-6-24(7-10-29)13-32-15(2)21(24)26/h3-4,8,11,15,21H,5-7,9-10,12-13,26H2,1-2H3/t15-,21+/m0/s1. The highest BCUT2D eigenvalue weighted by molar-refractivity contribution is 6.35. The quantitative estimate of drug-likeness (QED) is 0.638. The van der Waals surface area contributed by atoms with E-state index in [-0.39, 0.29) is 17.6 Å². The van der Waals surface area contributed by atoms with E-state index in [0.717, 1.165) is 78.7 Å². The largest absolute Gasteiger partial charge is 0.491 e. The molecule has 0 saturated carbocycles. The maximum Gasteiger partial charge on any atom is 0.211 e. The summed E-state index contributed by atoms with van der Waals surface area (Å²) in [6, 6.07) is 4.27. The van der Waals surface area contributed by atoms with Crippen LogP contribution in [0.3, 0.4) is 0 Å². The van der Waals surface area contributed by atoms with Crippen molar-refractivity contribution in [2.45, 2.75) is 45.3 Å². The van der Waals surface area contributed by atoms with Crippen LogP contribution in [-0.4, -0.2) is 52.8 Å². The Morgan fingerprint density at radius 1 is 1.25 bits per heavy atom. The first-order chi connectivity index (χ1) is 15.5. The number of nitrogens with zero attached hydrogens (tertiary/aromatic N) is 4. The lowest BCUT2D eigenvalue weighted by Gasteiger charge is -2.41. The van der Waals surface area contributed by atoms with Gasteiger partial charge in [-0.3, -0.25) is 4.40 Å². The third kappa shape index (κ3) is 2.87. The maximum absolute atomic E-state index is 6.79. The molecule has 5 heterocycles. The second kappa shape index (κ2) is 7.33. The van der Waals surface area contributed by atoms with Crippen molar-refractivity contribution < 1.29 is 9.47 Å². The molecule has 3 aliphatic rings. The van der Waals surface area contributed by atoms with Gasteiger partial charge in [0.2, 0.25) is 5.95 Å². The van der Waals surface area contributed by atoms with Gasteiger partial charge in [-0.15, -0.1) is 0 Å². The Bertz CT molecular complexity index is 1200. The number of hydrogen-bond acceptors (Lipinski definition) is 6. The number of halogens is 1. The number of benzene rings is 1. The average Bonchev–Trinajstić information content (AvgIpc) is 3.53. The summed E-state index contributed by atoms with van der Waals surface area (Å²) in [6.07, 6.45) is 6.84. The van der Waals surface area contributed by atoms with Crippen LogP contribution in [0.2, 0.25) is 5.02 Å². The van der Waals surface area contributed by atoms with Crippen LogP contribution in [0.1, 0.15) is 31.0 Å². The van der Waals surface area contributed by atoms with Crippen LogP contribution < -0.4 is 15.4 Å². The molecule has 2 atom stereocenters. The second-order valence-electron chi connectivity index (χ2n) is 9.40. The number of aromatic nitrogens is 3. The van der Waals surface area contributed by atoms with Gasteiger partial charge in [0.1, 0.15) is 11.4 Å². The molecule has 32 heavy (non-hydrogen) atoms. The first-order valence-electron chi connectivity index (χ1n) is 11.4. The Balaban J connectivity index is 1.38. The second-order valence-corrected chi connectivity index (χ2v) is 9.78. The van der Waals surface area contributed by atoms with Crippen LogP contribution in [0, 0.1) is 12.3 Å². The van der Waals surface area contributed by atoms with E-state index >= 15 is 0 Å². The molecule has 0 amide bonds. The van der Waals surface area contributed by atoms with Crippen molar-refractivity contribution in [1.29, 1.82) is 0 Å². The molecule has 2 aromatic heterocycles. The maximum atomic E-state index is 6.79. The highest BCUT2D eigenvalue weighted by Gasteiger charge is 2.47. The minimum atomic E-state index is 0.0803. The lowest BCUT2D eigenvalue weighted by Crippen LogP contribution is -2.51. The van der Waals surface area contributed by atoms with E-state index in [0.29, 0.717) is 11.6 Å². The molecule has 0 aliphatic carbocycles. The first-order valence-corrected chi connectivity index (χ1v) is 11.8. The molecular weight excluding hydrogens is 426 g/mol. The van der Waals surface area contributed by atoms with Gasteiger partial charge in [-0.25, -0.2) is 9.97 Å². The Hall–Kier alpha value is -2.35. The van der Waals surface area contributed by atoms with Crippen molar-refractivity contribution >= 4 is 23.2 Å². The van der Waals surface area contributed by atoms with Gasteiger partial charge >= 0.3 is 0 Å². The highest BCUT2D eigenvalue weighted by atomic mass is 35.5. The number of nitrogens with two attached hydrogens (primary N) is 1. The number of fused-ring (bicyclic) bond motifs is 2. The van der Waals surface area contributed by atoms with E-state index < -0.39 is 0 Å². The van der Waals surface area contributed by atoms with Crippen LogP contribution in [0.4, 0.5) is 5.95 Å². The molecule has 1 spiro atoms. The average molecular weight is 454 g/mol. The predicted molar refractivity (Wildman–Crippen MR) is 125 cm³/mol. The summed E-state index contributed by atoms with van der Waals surface area (Å²) < 4.78 is 13.8. The number of ether oxygens (including phenoxy) is 2. The number of imidazole rings is 1. The fourth-order valence-electron chi connectivity index (χ4n) is 5.64. The molecule has 7 nitrogen and oxygen atoms in total. The topological polar surface area (TPSA) is 77.9 Å². The Labute approximate surface area is 192 Å². The van der Waals surface area contributed by atoms with Crippen molar-refractivity contribution in [1.82, 2.24) is 14.4 Å². The molecule has 3 aromatic rings. The van der Waals surface area contributed by atoms with Crippen molar-refractivity contribution in [3.8, 4) is 16.9 Å². The van der Waals surface area contributed by atoms with Gasteiger partial charge in [-0.05, 0) is 32.3 Å². The fourth-order valence-corrected chi connectivity index (χ4v) is 5.97. The molecule has 3 aliphatic heterocycles. The molecular formula is C24H28ClN5O2. The fraction of sp³-hybridized carbons (Fsp3) is 0.500. The number of rotatable bonds is 2. The van der Waals surface area contributed by atoms with E-state index in [9.17, 15) is 0 Å². The summed E-state index contributed by atoms with van der Waals surface area (Å²) in [4.78, 5) is 12.1. The molecule has 0 unspecified atom stereocenters. The lowest BCUT2D eigenvalue weighted by atomic mass is 9.73. The zero-order chi connectivity index (χ0) is 22.0. The number of aryl methyl sites for hydroxylation is 1. The molecule has 168 valence electrons. The van der Waals surface area contributed by atoms with E-state index in [1.165, 1.54) is 0 Å². The smallest absolute Gasteiger partial charge is 0.211 e. The van der Waals surface area contributed by atoms with E-state index in [1.54, 1.807) is 0 Å². The first kappa shape index (κ1) is 20.3. The summed E-state index contributed by atoms with van der Waals surface area (Å²) >= 11 is 6.79. The number of piperidine rings is 1. The zero-order valence-electron chi connectivity index (χ0n) is 18.5. The third-order valence-electron chi connectivity index (χ3n) is 7.66. The molecule has 2 fully saturated rings. The lowest BCUT2D eigenvalue weighted by molar-refractivity contribution is 0.0973. The predicted octanol–water partition coefficient (Wildman–Crippen LogP) is 3.63. The van der Waals surface area contributed by atoms with Gasteiger partial charge in [0.25, 0.3) is 0 Å². The van der Waals surface area contributed by atoms with Crippen LogP contribution in [-0.2, 0) is 11.2 Å². The van der Waals surface area contributed by atoms with Crippen molar-refractivity contribution in [3.05, 3.63) is 40.8 Å². The van der Waals surface area contributed by atoms with Gasteiger partial charge in [0.15, 0.2) is 0 Å². The third-order valence-corrected chi connectivity index (χ3v) is 8.04. The van der Waals surface area contributed by atoms with Crippen molar-refractivity contribution in [2.24, 2.45) is 11.1 Å². The van der Waals surface area contributed by atoms with Crippen LogP contribution in [0.5, 0.6) is 5.75 Å². The summed E-state index contributed by atoms with van der Waals surface area (Å²) in [7, 11) is 0. The van der Waals surface area contributed by atoms with E-state index in [2.05, 4.69) is 28.4 Å². The van der Waals surface area contributed by atoms with Gasteiger partial charge in [0, 0.05) is 54.5 Å². The monoisotopic (exact) mass is 453 g/mol. The van der Waals surface area contributed by atoms with Gasteiger partial charge in [0.05, 0.1) is 30.0 Å². The molecule has 1 aromatic carbocycles. The van der Waals surface area contributed by atoms with Crippen molar-refractivity contribution in [2.75, 3.05) is 31.2 Å². The molecule has 0 bridgehead atoms. The summed E-state index contributed by atoms with van der Waals surface area (Å²) in [5, 5.41) is 0.645. The van der Waals surface area contributed by atoms with Crippen LogP contribution >= 0.6 is 11.6 Å².